The maximum Gasteiger partial charge on any atom is 0.487 e. The average Bonchev–Trinajstić information content (AvgIpc) is 2.24. The number of halogens is 12. The Morgan fingerprint density at radius 3 is 0.714 bits per heavy atom. The molecule has 0 amide bonds. The predicted molar refractivity (Wildman–Crippen MR) is 67.6 cm³/mol. The normalized spacial score (nSPS) is 16.4. The Morgan fingerprint density at radius 1 is 0.500 bits per heavy atom. The Morgan fingerprint density at radius 2 is 0.643 bits per heavy atom. The van der Waals surface area contributed by atoms with E-state index in [-0.39, 0.29) is 0 Å². The van der Waals surface area contributed by atoms with Crippen LogP contribution < -0.4 is 0 Å². The summed E-state index contributed by atoms with van der Waals surface area (Å²) in [4.78, 5) is 0. The Bertz CT molecular complexity index is 694. The molecular weight excluding hydrogens is 516 g/mol. The summed E-state index contributed by atoms with van der Waals surface area (Å²) in [5.74, 6) is -30.7. The largest absolute Gasteiger partial charge is 0.487 e. The number of hydrogen-bond acceptors (Lipinski definition) is 6. The highest BCUT2D eigenvalue weighted by Crippen LogP contribution is 2.58. The first-order valence-electron chi connectivity index (χ1n) is 5.74. The molecule has 28 heavy (non-hydrogen) atoms. The van der Waals surface area contributed by atoms with Gasteiger partial charge in [-0.2, -0.15) is 52.7 Å². The molecule has 0 spiro atoms. The molecule has 0 unspecified atom stereocenters. The second kappa shape index (κ2) is 6.99. The molecule has 0 N–H and O–H groups in total. The highest BCUT2D eigenvalue weighted by Gasteiger charge is 3.04. The van der Waals surface area contributed by atoms with Crippen LogP contribution in [0.5, 0.6) is 0 Å². The van der Waals surface area contributed by atoms with Crippen molar-refractivity contribution in [2.45, 2.75) is 23.2 Å². The third-order valence-electron chi connectivity index (χ3n) is 2.65. The molecule has 0 aromatic heterocycles. The summed E-state index contributed by atoms with van der Waals surface area (Å²) >= 11 is 0. The molecule has 6 nitrogen and oxygen atoms in total. The summed E-state index contributed by atoms with van der Waals surface area (Å²) < 4.78 is 208. The van der Waals surface area contributed by atoms with Crippen molar-refractivity contribution in [3.05, 3.63) is 0 Å². The van der Waals surface area contributed by atoms with Crippen molar-refractivity contribution < 1.29 is 77.3 Å². The van der Waals surface area contributed by atoms with E-state index in [4.69, 9.17) is 0 Å². The second-order valence-electron chi connectivity index (χ2n) is 4.93. The van der Waals surface area contributed by atoms with Gasteiger partial charge in [-0.25, -0.2) is 16.8 Å². The lowest BCUT2D eigenvalue weighted by Gasteiger charge is -2.44. The fraction of sp³-hybridized carbons (Fsp3) is 1.00. The van der Waals surface area contributed by atoms with Gasteiger partial charge in [0.2, 0.25) is 0 Å². The maximum absolute atomic E-state index is 13.2. The van der Waals surface area contributed by atoms with E-state index >= 15 is 0 Å². The summed E-state index contributed by atoms with van der Waals surface area (Å²) in [6, 6.07) is 0. The monoisotopic (exact) mass is 522 g/mol. The topological polar surface area (TPSA) is 86.7 Å². The first-order valence-corrected chi connectivity index (χ1v) is 14.2. The first-order chi connectivity index (χ1) is 11.7. The predicted octanol–water partition coefficient (Wildman–Crippen LogP) is 2.31. The summed E-state index contributed by atoms with van der Waals surface area (Å²) in [7, 11) is -32.2. The molecule has 0 aliphatic carbocycles. The third-order valence-corrected chi connectivity index (χ3v) is 19.1. The molecular formula is C6H6F12O6S2Si2. The van der Waals surface area contributed by atoms with Gasteiger partial charge >= 0.3 is 38.9 Å². The molecule has 0 fully saturated rings. The average molecular weight is 522 g/mol. The fourth-order valence-electron chi connectivity index (χ4n) is 1.88. The number of rotatable bonds is 5. The summed E-state index contributed by atoms with van der Waals surface area (Å²) in [5.41, 5.74) is 0. The van der Waals surface area contributed by atoms with Crippen molar-refractivity contribution in [2.75, 3.05) is 12.5 Å². The minimum absolute atomic E-state index is 0.682. The fourth-order valence-corrected chi connectivity index (χ4v) is 19.8. The van der Waals surface area contributed by atoms with Gasteiger partial charge in [0.1, 0.15) is 0 Å². The summed E-state index contributed by atoms with van der Waals surface area (Å²) in [5, 5.41) is 0. The van der Waals surface area contributed by atoms with Crippen molar-refractivity contribution >= 4 is 35.9 Å². The first kappa shape index (κ1) is 27.4. The van der Waals surface area contributed by atoms with E-state index in [2.05, 4.69) is 7.74 Å². The molecule has 0 aliphatic heterocycles. The minimum atomic E-state index is -9.79. The van der Waals surface area contributed by atoms with E-state index in [1.807, 2.05) is 0 Å². The molecule has 0 aromatic rings. The molecule has 22 heteroatoms. The highest BCUT2D eigenvalue weighted by atomic mass is 32.2. The lowest BCUT2D eigenvalue weighted by Crippen LogP contribution is -2.91. The molecule has 170 valence electrons. The van der Waals surface area contributed by atoms with Crippen LogP contribution in [-0.4, -0.2) is 68.2 Å². The molecule has 0 aromatic carbocycles. The molecule has 0 atom stereocenters. The maximum atomic E-state index is 13.2. The zero-order valence-corrected chi connectivity index (χ0v) is 16.4. The zero-order valence-electron chi connectivity index (χ0n) is 12.8. The highest BCUT2D eigenvalue weighted by molar-refractivity contribution is 7.89. The Balaban J connectivity index is 8.07. The van der Waals surface area contributed by atoms with Crippen LogP contribution in [0.4, 0.5) is 52.7 Å². The smallest absolute Gasteiger partial charge is 0.293 e. The SMILES string of the molecule is CS(=O)(=O)O[Si](C(F)(F)F)(C(F)(F)F)[Si](OS(C)(=O)=O)(C(F)(F)F)C(F)(F)F. The minimum Gasteiger partial charge on any atom is -0.293 e. The van der Waals surface area contributed by atoms with Gasteiger partial charge in [-0.15, -0.1) is 0 Å². The zero-order chi connectivity index (χ0) is 23.4. The van der Waals surface area contributed by atoms with Gasteiger partial charge < -0.3 is 0 Å². The van der Waals surface area contributed by atoms with Crippen molar-refractivity contribution in [3.8, 4) is 0 Å². The van der Waals surface area contributed by atoms with Crippen LogP contribution in [-0.2, 0) is 28.0 Å². The Hall–Kier alpha value is -0.586. The molecule has 0 saturated carbocycles. The van der Waals surface area contributed by atoms with Gasteiger partial charge in [0.05, 0.1) is 12.5 Å². The quantitative estimate of drug-likeness (QED) is 0.407. The van der Waals surface area contributed by atoms with Crippen molar-refractivity contribution in [1.82, 2.24) is 0 Å². The van der Waals surface area contributed by atoms with E-state index in [1.54, 1.807) is 0 Å². The van der Waals surface area contributed by atoms with E-state index < -0.39 is 71.6 Å². The standard InChI is InChI=1S/C6H6F12O6S2Si2/c1-25(19,20)23-27(3(7,8)9,4(10,11)12)28(5(13,14)15,6(16,17)18)24-26(2,21)22/h1-2H3. The van der Waals surface area contributed by atoms with Gasteiger partial charge in [0.25, 0.3) is 20.2 Å². The van der Waals surface area contributed by atoms with E-state index in [0.717, 1.165) is 0 Å². The molecule has 0 radical (unpaired) electrons. The van der Waals surface area contributed by atoms with Crippen LogP contribution in [0.15, 0.2) is 0 Å². The van der Waals surface area contributed by atoms with Crippen LogP contribution >= 0.6 is 0 Å². The molecule has 0 aliphatic rings. The van der Waals surface area contributed by atoms with Crippen LogP contribution in [0.3, 0.4) is 0 Å². The van der Waals surface area contributed by atoms with Crippen molar-refractivity contribution in [3.63, 3.8) is 0 Å². The molecule has 0 rings (SSSR count). The van der Waals surface area contributed by atoms with Crippen LogP contribution in [0, 0.1) is 0 Å². The molecule has 0 saturated heterocycles. The third kappa shape index (κ3) is 4.76. The van der Waals surface area contributed by atoms with Crippen LogP contribution in [0.1, 0.15) is 0 Å². The summed E-state index contributed by atoms with van der Waals surface area (Å²) in [6.07, 6.45) is -1.36. The number of alkyl halides is 12. The summed E-state index contributed by atoms with van der Waals surface area (Å²) in [6.45, 7) is 0. The van der Waals surface area contributed by atoms with E-state index in [9.17, 15) is 69.5 Å². The Kier molecular flexibility index (Phi) is 6.84. The number of hydrogen-bond donors (Lipinski definition) is 0. The van der Waals surface area contributed by atoms with Gasteiger partial charge in [0, 0.05) is 0 Å². The lowest BCUT2D eigenvalue weighted by atomic mass is 11.5. The molecule has 0 bridgehead atoms. The van der Waals surface area contributed by atoms with Gasteiger partial charge in [-0.05, 0) is 0 Å². The van der Waals surface area contributed by atoms with Gasteiger partial charge in [0.15, 0.2) is 0 Å². The second-order valence-corrected chi connectivity index (χ2v) is 18.3. The van der Waals surface area contributed by atoms with E-state index in [0.29, 0.717) is 0 Å². The lowest BCUT2D eigenvalue weighted by molar-refractivity contribution is -0.151. The molecule has 0 heterocycles. The van der Waals surface area contributed by atoms with Crippen LogP contribution in [0.25, 0.3) is 0 Å². The Labute approximate surface area is 149 Å². The van der Waals surface area contributed by atoms with Crippen LogP contribution in [0.2, 0.25) is 0 Å². The van der Waals surface area contributed by atoms with Crippen molar-refractivity contribution in [2.24, 2.45) is 0 Å². The van der Waals surface area contributed by atoms with E-state index in [1.165, 1.54) is 0 Å². The van der Waals surface area contributed by atoms with Gasteiger partial charge in [-0.3, -0.25) is 7.74 Å². The van der Waals surface area contributed by atoms with Crippen molar-refractivity contribution in [1.29, 1.82) is 0 Å². The van der Waals surface area contributed by atoms with Gasteiger partial charge in [-0.1, -0.05) is 0 Å².